The standard InChI is InChI=1S/C11H20N4O/c1-15(2)8-11(7-12-14-13-11)9-5-3-4-6-10(9)16/h7,9-10,16H,3-6,8H2,1-2H3. The summed E-state index contributed by atoms with van der Waals surface area (Å²) in [6, 6.07) is 0. The number of aliphatic hydroxyl groups is 1. The van der Waals surface area contributed by atoms with Crippen LogP contribution in [0.2, 0.25) is 0 Å². The van der Waals surface area contributed by atoms with Crippen molar-refractivity contribution >= 4 is 6.21 Å². The van der Waals surface area contributed by atoms with E-state index in [1.165, 1.54) is 6.42 Å². The Bertz CT molecular complexity index is 288. The molecule has 0 aromatic carbocycles. The van der Waals surface area contributed by atoms with Crippen LogP contribution in [0.4, 0.5) is 0 Å². The second-order valence-electron chi connectivity index (χ2n) is 5.12. The van der Waals surface area contributed by atoms with Gasteiger partial charge >= 0.3 is 0 Å². The Labute approximate surface area is 96.2 Å². The molecule has 0 aromatic heterocycles. The Hall–Kier alpha value is -0.810. The van der Waals surface area contributed by atoms with E-state index in [1.807, 2.05) is 20.3 Å². The van der Waals surface area contributed by atoms with Crippen molar-refractivity contribution in [2.75, 3.05) is 20.6 Å². The van der Waals surface area contributed by atoms with Crippen molar-refractivity contribution in [3.8, 4) is 0 Å². The molecule has 0 saturated heterocycles. The lowest BCUT2D eigenvalue weighted by Gasteiger charge is -2.38. The van der Waals surface area contributed by atoms with Crippen molar-refractivity contribution in [1.82, 2.24) is 4.90 Å². The van der Waals surface area contributed by atoms with Crippen LogP contribution in [-0.4, -0.2) is 48.5 Å². The van der Waals surface area contributed by atoms with E-state index in [9.17, 15) is 5.11 Å². The van der Waals surface area contributed by atoms with Gasteiger partial charge in [-0.15, -0.1) is 5.10 Å². The fourth-order valence-electron chi connectivity index (χ4n) is 2.82. The lowest BCUT2D eigenvalue weighted by Crippen LogP contribution is -2.50. The molecular formula is C11H20N4O. The number of aliphatic hydroxyl groups excluding tert-OH is 1. The van der Waals surface area contributed by atoms with Gasteiger partial charge in [0.2, 0.25) is 0 Å². The van der Waals surface area contributed by atoms with Gasteiger partial charge < -0.3 is 10.0 Å². The van der Waals surface area contributed by atoms with E-state index in [2.05, 4.69) is 20.3 Å². The van der Waals surface area contributed by atoms with Crippen molar-refractivity contribution in [2.45, 2.75) is 37.3 Å². The van der Waals surface area contributed by atoms with Gasteiger partial charge in [-0.05, 0) is 32.2 Å². The molecule has 0 radical (unpaired) electrons. The normalized spacial score (nSPS) is 38.5. The molecule has 2 rings (SSSR count). The SMILES string of the molecule is CN(C)CC1(C2CCCCC2O)C=NN=N1. The minimum absolute atomic E-state index is 0.165. The molecule has 16 heavy (non-hydrogen) atoms. The molecule has 1 aliphatic carbocycles. The summed E-state index contributed by atoms with van der Waals surface area (Å²) in [5, 5.41) is 22.1. The Balaban J connectivity index is 2.18. The third-order valence-corrected chi connectivity index (χ3v) is 3.50. The van der Waals surface area contributed by atoms with Gasteiger partial charge in [-0.2, -0.15) is 5.11 Å². The molecule has 0 aromatic rings. The quantitative estimate of drug-likeness (QED) is 0.785. The summed E-state index contributed by atoms with van der Waals surface area (Å²) in [6.07, 6.45) is 5.72. The molecule has 3 atom stereocenters. The zero-order valence-electron chi connectivity index (χ0n) is 10.0. The van der Waals surface area contributed by atoms with Gasteiger partial charge in [0.1, 0.15) is 5.54 Å². The van der Waals surface area contributed by atoms with E-state index in [0.717, 1.165) is 25.8 Å². The summed E-state index contributed by atoms with van der Waals surface area (Å²) in [4.78, 5) is 2.08. The van der Waals surface area contributed by atoms with Crippen molar-refractivity contribution in [2.24, 2.45) is 21.4 Å². The Kier molecular flexibility index (Phi) is 3.35. The van der Waals surface area contributed by atoms with Crippen LogP contribution in [0.1, 0.15) is 25.7 Å². The molecular weight excluding hydrogens is 204 g/mol. The zero-order valence-corrected chi connectivity index (χ0v) is 10.0. The lowest BCUT2D eigenvalue weighted by atomic mass is 9.73. The highest BCUT2D eigenvalue weighted by atomic mass is 16.3. The van der Waals surface area contributed by atoms with E-state index in [4.69, 9.17) is 0 Å². The molecule has 5 heteroatoms. The number of rotatable bonds is 3. The molecule has 2 aliphatic rings. The molecule has 1 aliphatic heterocycles. The maximum absolute atomic E-state index is 10.1. The molecule has 0 spiro atoms. The lowest BCUT2D eigenvalue weighted by molar-refractivity contribution is 0.0379. The number of hydrogen-bond donors (Lipinski definition) is 1. The monoisotopic (exact) mass is 224 g/mol. The predicted octanol–water partition coefficient (Wildman–Crippen LogP) is 1.29. The summed E-state index contributed by atoms with van der Waals surface area (Å²) in [7, 11) is 4.03. The second kappa shape index (κ2) is 4.59. The van der Waals surface area contributed by atoms with Gasteiger partial charge in [0, 0.05) is 12.5 Å². The highest BCUT2D eigenvalue weighted by Crippen LogP contribution is 2.36. The summed E-state index contributed by atoms with van der Waals surface area (Å²) < 4.78 is 0. The predicted molar refractivity (Wildman–Crippen MR) is 62.6 cm³/mol. The van der Waals surface area contributed by atoms with Crippen molar-refractivity contribution in [1.29, 1.82) is 0 Å². The molecule has 0 amide bonds. The minimum Gasteiger partial charge on any atom is -0.393 e. The zero-order chi connectivity index (χ0) is 11.6. The van der Waals surface area contributed by atoms with Crippen LogP contribution < -0.4 is 0 Å². The van der Waals surface area contributed by atoms with Gasteiger partial charge in [0.05, 0.1) is 12.3 Å². The largest absolute Gasteiger partial charge is 0.393 e. The van der Waals surface area contributed by atoms with Crippen molar-refractivity contribution in [3.05, 3.63) is 0 Å². The van der Waals surface area contributed by atoms with Crippen LogP contribution in [0, 0.1) is 5.92 Å². The van der Waals surface area contributed by atoms with Gasteiger partial charge in [0.25, 0.3) is 0 Å². The van der Waals surface area contributed by atoms with Crippen LogP contribution in [-0.2, 0) is 0 Å². The maximum Gasteiger partial charge on any atom is 0.138 e. The molecule has 3 unspecified atom stereocenters. The molecule has 90 valence electrons. The molecule has 1 N–H and O–H groups in total. The average molecular weight is 224 g/mol. The van der Waals surface area contributed by atoms with Gasteiger partial charge in [-0.25, -0.2) is 0 Å². The Morgan fingerprint density at radius 1 is 1.38 bits per heavy atom. The molecule has 1 fully saturated rings. The van der Waals surface area contributed by atoms with E-state index in [1.54, 1.807) is 0 Å². The van der Waals surface area contributed by atoms with Gasteiger partial charge in [-0.3, -0.25) is 0 Å². The fourth-order valence-corrected chi connectivity index (χ4v) is 2.82. The summed E-state index contributed by atoms with van der Waals surface area (Å²) in [5.41, 5.74) is -0.399. The van der Waals surface area contributed by atoms with E-state index < -0.39 is 5.54 Å². The summed E-state index contributed by atoms with van der Waals surface area (Å²) >= 11 is 0. The highest BCUT2D eigenvalue weighted by molar-refractivity contribution is 5.72. The molecule has 5 nitrogen and oxygen atoms in total. The van der Waals surface area contributed by atoms with Crippen LogP contribution in [0.15, 0.2) is 15.4 Å². The van der Waals surface area contributed by atoms with Crippen molar-refractivity contribution < 1.29 is 5.11 Å². The second-order valence-corrected chi connectivity index (χ2v) is 5.12. The fraction of sp³-hybridized carbons (Fsp3) is 0.909. The summed E-state index contributed by atoms with van der Waals surface area (Å²) in [5.74, 6) is 0.165. The molecule has 0 bridgehead atoms. The third-order valence-electron chi connectivity index (χ3n) is 3.50. The number of nitrogens with zero attached hydrogens (tertiary/aromatic N) is 4. The topological polar surface area (TPSA) is 60.5 Å². The number of likely N-dealkylation sites (N-methyl/N-ethyl adjacent to an activating group) is 1. The number of hydrogen-bond acceptors (Lipinski definition) is 5. The first-order chi connectivity index (χ1) is 7.64. The smallest absolute Gasteiger partial charge is 0.138 e. The first-order valence-electron chi connectivity index (χ1n) is 5.93. The Morgan fingerprint density at radius 2 is 2.12 bits per heavy atom. The van der Waals surface area contributed by atoms with Gasteiger partial charge in [0.15, 0.2) is 0 Å². The first-order valence-corrected chi connectivity index (χ1v) is 5.93. The van der Waals surface area contributed by atoms with Crippen molar-refractivity contribution in [3.63, 3.8) is 0 Å². The van der Waals surface area contributed by atoms with Crippen LogP contribution in [0.3, 0.4) is 0 Å². The highest BCUT2D eigenvalue weighted by Gasteiger charge is 2.45. The average Bonchev–Trinajstić information content (AvgIpc) is 2.67. The van der Waals surface area contributed by atoms with Crippen LogP contribution >= 0.6 is 0 Å². The maximum atomic E-state index is 10.1. The van der Waals surface area contributed by atoms with Crippen LogP contribution in [0.5, 0.6) is 0 Å². The molecule has 1 heterocycles. The Morgan fingerprint density at radius 3 is 2.69 bits per heavy atom. The van der Waals surface area contributed by atoms with Crippen LogP contribution in [0.25, 0.3) is 0 Å². The summed E-state index contributed by atoms with van der Waals surface area (Å²) in [6.45, 7) is 0.766. The minimum atomic E-state index is -0.399. The molecule has 1 saturated carbocycles. The van der Waals surface area contributed by atoms with Gasteiger partial charge in [-0.1, -0.05) is 12.8 Å². The van der Waals surface area contributed by atoms with E-state index >= 15 is 0 Å². The van der Waals surface area contributed by atoms with E-state index in [0.29, 0.717) is 0 Å². The van der Waals surface area contributed by atoms with E-state index in [-0.39, 0.29) is 12.0 Å². The third kappa shape index (κ3) is 2.15. The first kappa shape index (κ1) is 11.7.